The second-order valence-corrected chi connectivity index (χ2v) is 7.16. The van der Waals surface area contributed by atoms with Crippen LogP contribution in [0.1, 0.15) is 42.8 Å². The SMILES string of the molecule is Cc1ccc2c(c1)CC(C)(C)c1c-2nc(CCCO)n(C)c1=O. The lowest BCUT2D eigenvalue weighted by molar-refractivity contribution is 0.286. The van der Waals surface area contributed by atoms with Gasteiger partial charge in [-0.05, 0) is 25.3 Å². The number of hydrogen-bond acceptors (Lipinski definition) is 3. The summed E-state index contributed by atoms with van der Waals surface area (Å²) in [7, 11) is 1.78. The molecule has 1 heterocycles. The Hall–Kier alpha value is -1.94. The van der Waals surface area contributed by atoms with E-state index in [1.54, 1.807) is 11.6 Å². The summed E-state index contributed by atoms with van der Waals surface area (Å²) in [6, 6.07) is 6.36. The monoisotopic (exact) mass is 312 g/mol. The lowest BCUT2D eigenvalue weighted by atomic mass is 9.72. The predicted molar refractivity (Wildman–Crippen MR) is 91.8 cm³/mol. The number of nitrogens with zero attached hydrogens (tertiary/aromatic N) is 2. The van der Waals surface area contributed by atoms with E-state index in [1.165, 1.54) is 11.1 Å². The Morgan fingerprint density at radius 2 is 2.09 bits per heavy atom. The zero-order valence-corrected chi connectivity index (χ0v) is 14.3. The minimum absolute atomic E-state index is 0.0409. The molecule has 1 N–H and O–H groups in total. The van der Waals surface area contributed by atoms with E-state index >= 15 is 0 Å². The molecule has 23 heavy (non-hydrogen) atoms. The van der Waals surface area contributed by atoms with Crippen molar-refractivity contribution in [3.8, 4) is 11.3 Å². The van der Waals surface area contributed by atoms with Crippen molar-refractivity contribution in [2.45, 2.75) is 45.4 Å². The first-order valence-corrected chi connectivity index (χ1v) is 8.16. The second-order valence-electron chi connectivity index (χ2n) is 7.16. The summed E-state index contributed by atoms with van der Waals surface area (Å²) in [6.45, 7) is 6.43. The van der Waals surface area contributed by atoms with Crippen LogP contribution in [0.2, 0.25) is 0 Å². The maximum Gasteiger partial charge on any atom is 0.257 e. The van der Waals surface area contributed by atoms with E-state index in [4.69, 9.17) is 10.1 Å². The van der Waals surface area contributed by atoms with Crippen LogP contribution in [0.4, 0.5) is 0 Å². The van der Waals surface area contributed by atoms with Crippen LogP contribution in [0.3, 0.4) is 0 Å². The molecule has 0 bridgehead atoms. The van der Waals surface area contributed by atoms with E-state index in [-0.39, 0.29) is 17.6 Å². The second kappa shape index (κ2) is 5.60. The Morgan fingerprint density at radius 1 is 1.35 bits per heavy atom. The minimum Gasteiger partial charge on any atom is -0.396 e. The van der Waals surface area contributed by atoms with Crippen molar-refractivity contribution < 1.29 is 5.11 Å². The predicted octanol–water partition coefficient (Wildman–Crippen LogP) is 2.51. The van der Waals surface area contributed by atoms with Gasteiger partial charge in [-0.1, -0.05) is 37.6 Å². The number of hydrogen-bond donors (Lipinski definition) is 1. The summed E-state index contributed by atoms with van der Waals surface area (Å²) >= 11 is 0. The van der Waals surface area contributed by atoms with E-state index < -0.39 is 0 Å². The Balaban J connectivity index is 2.29. The van der Waals surface area contributed by atoms with Crippen LogP contribution in [0.25, 0.3) is 11.3 Å². The first-order valence-electron chi connectivity index (χ1n) is 8.16. The quantitative estimate of drug-likeness (QED) is 0.947. The molecular formula is C19H24N2O2. The van der Waals surface area contributed by atoms with Gasteiger partial charge in [0.05, 0.1) is 5.69 Å². The first kappa shape index (κ1) is 15.9. The van der Waals surface area contributed by atoms with E-state index in [0.29, 0.717) is 12.8 Å². The van der Waals surface area contributed by atoms with Gasteiger partial charge < -0.3 is 5.11 Å². The average molecular weight is 312 g/mol. The average Bonchev–Trinajstić information content (AvgIpc) is 2.47. The fourth-order valence-corrected chi connectivity index (χ4v) is 3.58. The van der Waals surface area contributed by atoms with Crippen LogP contribution >= 0.6 is 0 Å². The molecule has 0 saturated carbocycles. The van der Waals surface area contributed by atoms with Gasteiger partial charge in [-0.15, -0.1) is 0 Å². The molecule has 122 valence electrons. The van der Waals surface area contributed by atoms with Crippen molar-refractivity contribution in [2.75, 3.05) is 6.61 Å². The first-order chi connectivity index (χ1) is 10.8. The van der Waals surface area contributed by atoms with Gasteiger partial charge in [0.15, 0.2) is 0 Å². The van der Waals surface area contributed by atoms with Crippen molar-refractivity contribution in [2.24, 2.45) is 7.05 Å². The van der Waals surface area contributed by atoms with Gasteiger partial charge >= 0.3 is 0 Å². The number of benzene rings is 1. The van der Waals surface area contributed by atoms with Gasteiger partial charge in [-0.3, -0.25) is 9.36 Å². The molecule has 3 rings (SSSR count). The van der Waals surface area contributed by atoms with Crippen LogP contribution < -0.4 is 5.56 Å². The third kappa shape index (κ3) is 2.61. The zero-order valence-electron chi connectivity index (χ0n) is 14.3. The van der Waals surface area contributed by atoms with Gasteiger partial charge in [0, 0.05) is 36.6 Å². The smallest absolute Gasteiger partial charge is 0.257 e. The Bertz CT molecular complexity index is 819. The van der Waals surface area contributed by atoms with Crippen molar-refractivity contribution >= 4 is 0 Å². The molecule has 0 unspecified atom stereocenters. The van der Waals surface area contributed by atoms with Crippen LogP contribution in [-0.2, 0) is 25.3 Å². The summed E-state index contributed by atoms with van der Waals surface area (Å²) in [4.78, 5) is 17.8. The molecule has 1 aromatic carbocycles. The van der Waals surface area contributed by atoms with Gasteiger partial charge in [0.2, 0.25) is 0 Å². The van der Waals surface area contributed by atoms with Crippen LogP contribution in [0.15, 0.2) is 23.0 Å². The van der Waals surface area contributed by atoms with E-state index in [9.17, 15) is 4.79 Å². The van der Waals surface area contributed by atoms with Crippen LogP contribution in [0.5, 0.6) is 0 Å². The van der Waals surface area contributed by atoms with Crippen LogP contribution in [0, 0.1) is 6.92 Å². The summed E-state index contributed by atoms with van der Waals surface area (Å²) in [5.41, 5.74) is 5.01. The fourth-order valence-electron chi connectivity index (χ4n) is 3.58. The van der Waals surface area contributed by atoms with Crippen molar-refractivity contribution in [3.63, 3.8) is 0 Å². The number of aliphatic hydroxyl groups excluding tert-OH is 1. The molecule has 0 radical (unpaired) electrons. The van der Waals surface area contributed by atoms with Gasteiger partial charge in [0.1, 0.15) is 5.82 Å². The molecule has 0 spiro atoms. The highest BCUT2D eigenvalue weighted by Gasteiger charge is 2.35. The molecule has 4 heteroatoms. The summed E-state index contributed by atoms with van der Waals surface area (Å²) in [5, 5.41) is 9.08. The molecule has 0 atom stereocenters. The van der Waals surface area contributed by atoms with Crippen molar-refractivity contribution in [1.29, 1.82) is 0 Å². The minimum atomic E-state index is -0.229. The number of aliphatic hydroxyl groups is 1. The zero-order chi connectivity index (χ0) is 16.8. The Labute approximate surface area is 136 Å². The number of aromatic nitrogens is 2. The Morgan fingerprint density at radius 3 is 2.78 bits per heavy atom. The van der Waals surface area contributed by atoms with Crippen molar-refractivity contribution in [3.05, 3.63) is 51.1 Å². The number of fused-ring (bicyclic) bond motifs is 3. The van der Waals surface area contributed by atoms with E-state index in [1.807, 2.05) is 0 Å². The van der Waals surface area contributed by atoms with E-state index in [0.717, 1.165) is 29.1 Å². The fraction of sp³-hybridized carbons (Fsp3) is 0.474. The molecule has 2 aromatic rings. The van der Waals surface area contributed by atoms with Crippen molar-refractivity contribution in [1.82, 2.24) is 9.55 Å². The maximum atomic E-state index is 13.0. The number of aryl methyl sites for hydroxylation is 2. The largest absolute Gasteiger partial charge is 0.396 e. The normalized spacial score (nSPS) is 15.2. The highest BCUT2D eigenvalue weighted by molar-refractivity contribution is 5.71. The molecule has 1 aliphatic rings. The summed E-state index contributed by atoms with van der Waals surface area (Å²) in [5.74, 6) is 0.743. The molecule has 1 aromatic heterocycles. The molecular weight excluding hydrogens is 288 g/mol. The molecule has 0 aliphatic heterocycles. The molecule has 1 aliphatic carbocycles. The standard InChI is InChI=1S/C19H24N2O2/c1-12-7-8-14-13(10-12)11-19(2,3)16-17(14)20-15(6-5-9-22)21(4)18(16)23/h7-8,10,22H,5-6,9,11H2,1-4H3. The van der Waals surface area contributed by atoms with Gasteiger partial charge in [-0.2, -0.15) is 0 Å². The molecule has 0 amide bonds. The molecule has 0 fully saturated rings. The Kier molecular flexibility index (Phi) is 3.88. The summed E-state index contributed by atoms with van der Waals surface area (Å²) < 4.78 is 1.65. The molecule has 4 nitrogen and oxygen atoms in total. The van der Waals surface area contributed by atoms with Crippen LogP contribution in [-0.4, -0.2) is 21.3 Å². The van der Waals surface area contributed by atoms with Gasteiger partial charge in [-0.25, -0.2) is 4.98 Å². The topological polar surface area (TPSA) is 55.1 Å². The third-order valence-corrected chi connectivity index (χ3v) is 4.77. The lowest BCUT2D eigenvalue weighted by Crippen LogP contribution is -2.38. The lowest BCUT2D eigenvalue weighted by Gasteiger charge is -2.33. The summed E-state index contributed by atoms with van der Waals surface area (Å²) in [6.07, 6.45) is 2.07. The molecule has 0 saturated heterocycles. The highest BCUT2D eigenvalue weighted by Crippen LogP contribution is 2.40. The third-order valence-electron chi connectivity index (χ3n) is 4.77. The maximum absolute atomic E-state index is 13.0. The van der Waals surface area contributed by atoms with Gasteiger partial charge in [0.25, 0.3) is 5.56 Å². The number of rotatable bonds is 3. The van der Waals surface area contributed by atoms with E-state index in [2.05, 4.69) is 39.0 Å². The highest BCUT2D eigenvalue weighted by atomic mass is 16.2.